The normalized spacial score (nSPS) is 11.8. The van der Waals surface area contributed by atoms with Crippen molar-refractivity contribution in [3.8, 4) is 0 Å². The van der Waals surface area contributed by atoms with Gasteiger partial charge in [-0.2, -0.15) is 18.3 Å². The number of alkyl halides is 3. The van der Waals surface area contributed by atoms with Gasteiger partial charge in [0.2, 0.25) is 5.91 Å². The number of hydrogen-bond donors (Lipinski definition) is 2. The Hall–Kier alpha value is -2.68. The molecular formula is C18H15BrF3N3O2. The third-order valence-electron chi connectivity index (χ3n) is 3.38. The summed E-state index contributed by atoms with van der Waals surface area (Å²) in [5, 5.41) is 6.01. The van der Waals surface area contributed by atoms with E-state index in [2.05, 4.69) is 31.8 Å². The lowest BCUT2D eigenvalue weighted by Crippen LogP contribution is -2.22. The SMILES string of the molecule is C/C(CC(=O)Nc1ccccc1C(F)(F)F)=N\NC(=O)c1ccc(Br)cc1. The molecule has 0 saturated carbocycles. The van der Waals surface area contributed by atoms with Gasteiger partial charge in [-0.05, 0) is 43.3 Å². The highest BCUT2D eigenvalue weighted by atomic mass is 79.9. The van der Waals surface area contributed by atoms with Crippen molar-refractivity contribution in [2.75, 3.05) is 5.32 Å². The van der Waals surface area contributed by atoms with Crippen LogP contribution in [-0.4, -0.2) is 17.5 Å². The number of hydrazone groups is 1. The van der Waals surface area contributed by atoms with Crippen molar-refractivity contribution in [2.45, 2.75) is 19.5 Å². The lowest BCUT2D eigenvalue weighted by Gasteiger charge is -2.13. The molecule has 0 aromatic heterocycles. The fraction of sp³-hybridized carbons (Fsp3) is 0.167. The van der Waals surface area contributed by atoms with Crippen molar-refractivity contribution in [3.05, 3.63) is 64.1 Å². The second-order valence-electron chi connectivity index (χ2n) is 5.56. The van der Waals surface area contributed by atoms with Gasteiger partial charge in [0.15, 0.2) is 0 Å². The summed E-state index contributed by atoms with van der Waals surface area (Å²) >= 11 is 3.25. The van der Waals surface area contributed by atoms with Gasteiger partial charge in [0.1, 0.15) is 0 Å². The van der Waals surface area contributed by atoms with Crippen molar-refractivity contribution in [3.63, 3.8) is 0 Å². The maximum Gasteiger partial charge on any atom is 0.418 e. The lowest BCUT2D eigenvalue weighted by molar-refractivity contribution is -0.137. The van der Waals surface area contributed by atoms with E-state index in [0.717, 1.165) is 10.5 Å². The maximum absolute atomic E-state index is 12.9. The number of carbonyl (C=O) groups excluding carboxylic acids is 2. The van der Waals surface area contributed by atoms with E-state index >= 15 is 0 Å². The Morgan fingerprint density at radius 3 is 2.33 bits per heavy atom. The van der Waals surface area contributed by atoms with Crippen LogP contribution in [0.2, 0.25) is 0 Å². The van der Waals surface area contributed by atoms with Crippen LogP contribution in [0.3, 0.4) is 0 Å². The van der Waals surface area contributed by atoms with Gasteiger partial charge < -0.3 is 5.32 Å². The topological polar surface area (TPSA) is 70.6 Å². The van der Waals surface area contributed by atoms with E-state index in [1.54, 1.807) is 24.3 Å². The van der Waals surface area contributed by atoms with Crippen LogP contribution in [0.5, 0.6) is 0 Å². The fourth-order valence-electron chi connectivity index (χ4n) is 2.12. The molecule has 0 bridgehead atoms. The molecule has 2 rings (SSSR count). The predicted molar refractivity (Wildman–Crippen MR) is 99.4 cm³/mol. The van der Waals surface area contributed by atoms with Gasteiger partial charge in [0.25, 0.3) is 5.91 Å². The summed E-state index contributed by atoms with van der Waals surface area (Å²) in [7, 11) is 0. The molecule has 0 aliphatic carbocycles. The first-order valence-corrected chi connectivity index (χ1v) is 8.51. The minimum Gasteiger partial charge on any atom is -0.325 e. The molecule has 5 nitrogen and oxygen atoms in total. The molecule has 2 amide bonds. The van der Waals surface area contributed by atoms with Gasteiger partial charge in [-0.3, -0.25) is 9.59 Å². The van der Waals surface area contributed by atoms with Crippen LogP contribution in [0.25, 0.3) is 0 Å². The molecule has 0 heterocycles. The number of halogens is 4. The van der Waals surface area contributed by atoms with Crippen molar-refractivity contribution in [1.82, 2.24) is 5.43 Å². The first-order valence-electron chi connectivity index (χ1n) is 7.72. The van der Waals surface area contributed by atoms with E-state index in [0.29, 0.717) is 5.56 Å². The van der Waals surface area contributed by atoms with Crippen LogP contribution in [0.1, 0.15) is 29.3 Å². The average Bonchev–Trinajstić information content (AvgIpc) is 2.59. The summed E-state index contributed by atoms with van der Waals surface area (Å²) < 4.78 is 39.6. The van der Waals surface area contributed by atoms with E-state index in [1.165, 1.54) is 25.1 Å². The highest BCUT2D eigenvalue weighted by Crippen LogP contribution is 2.34. The van der Waals surface area contributed by atoms with E-state index in [4.69, 9.17) is 0 Å². The Morgan fingerprint density at radius 2 is 1.70 bits per heavy atom. The van der Waals surface area contributed by atoms with Crippen molar-refractivity contribution < 1.29 is 22.8 Å². The molecular weight excluding hydrogens is 427 g/mol. The van der Waals surface area contributed by atoms with E-state index in [9.17, 15) is 22.8 Å². The number of benzene rings is 2. The Morgan fingerprint density at radius 1 is 1.07 bits per heavy atom. The molecule has 0 aliphatic rings. The maximum atomic E-state index is 12.9. The molecule has 0 aliphatic heterocycles. The van der Waals surface area contributed by atoms with Crippen molar-refractivity contribution in [1.29, 1.82) is 0 Å². The minimum absolute atomic E-state index is 0.238. The number of hydrogen-bond acceptors (Lipinski definition) is 3. The molecule has 9 heteroatoms. The summed E-state index contributed by atoms with van der Waals surface area (Å²) in [6.07, 6.45) is -4.85. The van der Waals surface area contributed by atoms with Gasteiger partial charge in [0, 0.05) is 15.7 Å². The first kappa shape index (κ1) is 20.6. The van der Waals surface area contributed by atoms with E-state index in [1.807, 2.05) is 0 Å². The molecule has 0 spiro atoms. The molecule has 0 unspecified atom stereocenters. The van der Waals surface area contributed by atoms with Crippen molar-refractivity contribution in [2.24, 2.45) is 5.10 Å². The van der Waals surface area contributed by atoms with Crippen molar-refractivity contribution >= 4 is 39.1 Å². The number of rotatable bonds is 5. The molecule has 142 valence electrons. The van der Waals surface area contributed by atoms with Gasteiger partial charge in [0.05, 0.1) is 17.7 Å². The quantitative estimate of drug-likeness (QED) is 0.525. The Bertz CT molecular complexity index is 865. The smallest absolute Gasteiger partial charge is 0.325 e. The molecule has 2 N–H and O–H groups in total. The van der Waals surface area contributed by atoms with Crippen LogP contribution in [-0.2, 0) is 11.0 Å². The number of para-hydroxylation sites is 1. The zero-order chi connectivity index (χ0) is 20.0. The fourth-order valence-corrected chi connectivity index (χ4v) is 2.38. The van der Waals surface area contributed by atoms with Crippen LogP contribution in [0.15, 0.2) is 58.1 Å². The zero-order valence-electron chi connectivity index (χ0n) is 14.1. The average molecular weight is 442 g/mol. The van der Waals surface area contributed by atoms with Gasteiger partial charge in [-0.1, -0.05) is 28.1 Å². The summed E-state index contributed by atoms with van der Waals surface area (Å²) in [5.41, 5.74) is 1.64. The van der Waals surface area contributed by atoms with Gasteiger partial charge in [-0.15, -0.1) is 0 Å². The van der Waals surface area contributed by atoms with E-state index < -0.39 is 23.6 Å². The van der Waals surface area contributed by atoms with Crippen LogP contribution in [0, 0.1) is 0 Å². The lowest BCUT2D eigenvalue weighted by atomic mass is 10.1. The minimum atomic E-state index is -4.58. The zero-order valence-corrected chi connectivity index (χ0v) is 15.7. The molecule has 27 heavy (non-hydrogen) atoms. The molecule has 0 radical (unpaired) electrons. The Balaban J connectivity index is 1.96. The second-order valence-corrected chi connectivity index (χ2v) is 6.48. The molecule has 0 atom stereocenters. The summed E-state index contributed by atoms with van der Waals surface area (Å²) in [6, 6.07) is 11.2. The number of anilines is 1. The molecule has 2 aromatic rings. The second kappa shape index (κ2) is 8.81. The number of amides is 2. The van der Waals surface area contributed by atoms with Crippen LogP contribution >= 0.6 is 15.9 Å². The highest BCUT2D eigenvalue weighted by molar-refractivity contribution is 9.10. The monoisotopic (exact) mass is 441 g/mol. The molecule has 0 fully saturated rings. The number of nitrogens with zero attached hydrogens (tertiary/aromatic N) is 1. The largest absolute Gasteiger partial charge is 0.418 e. The standard InChI is InChI=1S/C18H15BrF3N3O2/c1-11(24-25-17(27)12-6-8-13(19)9-7-12)10-16(26)23-15-5-3-2-4-14(15)18(20,21)22/h2-9H,10H2,1H3,(H,23,26)(H,25,27)/b24-11+. The Labute approximate surface area is 161 Å². The molecule has 2 aromatic carbocycles. The summed E-state index contributed by atoms with van der Waals surface area (Å²) in [6.45, 7) is 1.48. The van der Waals surface area contributed by atoms with Gasteiger partial charge in [-0.25, -0.2) is 5.43 Å². The molecule has 0 saturated heterocycles. The van der Waals surface area contributed by atoms with E-state index in [-0.39, 0.29) is 17.8 Å². The predicted octanol–water partition coefficient (Wildman–Crippen LogP) is 4.60. The summed E-state index contributed by atoms with van der Waals surface area (Å²) in [4.78, 5) is 23.9. The van der Waals surface area contributed by atoms with Crippen LogP contribution < -0.4 is 10.7 Å². The van der Waals surface area contributed by atoms with Gasteiger partial charge >= 0.3 is 6.18 Å². The third kappa shape index (κ3) is 6.21. The first-order chi connectivity index (χ1) is 12.7. The summed E-state index contributed by atoms with van der Waals surface area (Å²) in [5.74, 6) is -1.14. The number of nitrogens with one attached hydrogen (secondary N) is 2. The van der Waals surface area contributed by atoms with Crippen LogP contribution in [0.4, 0.5) is 18.9 Å². The highest BCUT2D eigenvalue weighted by Gasteiger charge is 2.33. The Kier molecular flexibility index (Phi) is 6.73. The number of carbonyl (C=O) groups is 2. The third-order valence-corrected chi connectivity index (χ3v) is 3.91.